The van der Waals surface area contributed by atoms with E-state index in [0.29, 0.717) is 6.42 Å². The third kappa shape index (κ3) is 14.9. The van der Waals surface area contributed by atoms with Gasteiger partial charge in [0.05, 0.1) is 18.3 Å². The van der Waals surface area contributed by atoms with Crippen LogP contribution in [0.1, 0.15) is 46.0 Å². The summed E-state index contributed by atoms with van der Waals surface area (Å²) in [7, 11) is 0. The van der Waals surface area contributed by atoms with Crippen molar-refractivity contribution in [3.05, 3.63) is 96.7 Å². The molecule has 0 aromatic heterocycles. The van der Waals surface area contributed by atoms with E-state index in [4.69, 9.17) is 0 Å². The van der Waals surface area contributed by atoms with Crippen molar-refractivity contribution in [2.75, 3.05) is 0 Å². The molecule has 1 aliphatic heterocycles. The summed E-state index contributed by atoms with van der Waals surface area (Å²) in [4.78, 5) is 12.3. The van der Waals surface area contributed by atoms with Crippen LogP contribution < -0.4 is 5.32 Å². The second-order valence-corrected chi connectivity index (χ2v) is 8.01. The van der Waals surface area contributed by atoms with Gasteiger partial charge < -0.3 is 20.6 Å². The van der Waals surface area contributed by atoms with Crippen LogP contribution in [-0.2, 0) is 4.79 Å². The van der Waals surface area contributed by atoms with Gasteiger partial charge in [-0.15, -0.1) is 0 Å². The van der Waals surface area contributed by atoms with Crippen LogP contribution in [0.15, 0.2) is 96.7 Å². The molecular weight excluding hydrogens is 414 g/mol. The summed E-state index contributed by atoms with van der Waals surface area (Å²) in [5, 5.41) is 33.1. The second-order valence-electron chi connectivity index (χ2n) is 8.01. The Morgan fingerprint density at radius 2 is 1.70 bits per heavy atom. The van der Waals surface area contributed by atoms with E-state index < -0.39 is 18.3 Å². The van der Waals surface area contributed by atoms with Crippen molar-refractivity contribution in [3.8, 4) is 0 Å². The molecule has 1 amide bonds. The highest BCUT2D eigenvalue weighted by atomic mass is 16.3. The first kappa shape index (κ1) is 28.3. The Morgan fingerprint density at radius 1 is 0.970 bits per heavy atom. The van der Waals surface area contributed by atoms with Crippen LogP contribution in [0.25, 0.3) is 0 Å². The predicted molar refractivity (Wildman–Crippen MR) is 136 cm³/mol. The second kappa shape index (κ2) is 17.8. The van der Waals surface area contributed by atoms with Crippen LogP contribution in [0.2, 0.25) is 0 Å². The third-order valence-electron chi connectivity index (χ3n) is 4.87. The van der Waals surface area contributed by atoms with Gasteiger partial charge in [0.1, 0.15) is 0 Å². The summed E-state index contributed by atoms with van der Waals surface area (Å²) < 4.78 is 0. The molecule has 0 radical (unpaired) electrons. The zero-order valence-corrected chi connectivity index (χ0v) is 19.8. The summed E-state index contributed by atoms with van der Waals surface area (Å²) in [6.45, 7) is 4.11. The van der Waals surface area contributed by atoms with Gasteiger partial charge in [-0.1, -0.05) is 104 Å². The lowest BCUT2D eigenvalue weighted by Gasteiger charge is -2.16. The predicted octanol–water partition coefficient (Wildman–Crippen LogP) is 4.38. The summed E-state index contributed by atoms with van der Waals surface area (Å²) in [5.74, 6) is -0.168. The van der Waals surface area contributed by atoms with Crippen LogP contribution in [0.4, 0.5) is 0 Å². The van der Waals surface area contributed by atoms with Gasteiger partial charge in [-0.2, -0.15) is 0 Å². The van der Waals surface area contributed by atoms with Crippen molar-refractivity contribution in [1.82, 2.24) is 5.32 Å². The molecule has 1 heterocycles. The van der Waals surface area contributed by atoms with E-state index in [9.17, 15) is 20.1 Å². The van der Waals surface area contributed by atoms with Crippen molar-refractivity contribution in [2.45, 2.75) is 70.3 Å². The van der Waals surface area contributed by atoms with Crippen molar-refractivity contribution in [1.29, 1.82) is 0 Å². The smallest absolute Gasteiger partial charge is 0.244 e. The van der Waals surface area contributed by atoms with Gasteiger partial charge in [-0.3, -0.25) is 4.79 Å². The molecule has 180 valence electrons. The highest BCUT2D eigenvalue weighted by Crippen LogP contribution is 2.07. The van der Waals surface area contributed by atoms with Gasteiger partial charge in [0.15, 0.2) is 0 Å². The van der Waals surface area contributed by atoms with Crippen molar-refractivity contribution in [3.63, 3.8) is 0 Å². The molecule has 4 atom stereocenters. The Bertz CT molecular complexity index is 799. The van der Waals surface area contributed by atoms with E-state index in [0.717, 1.165) is 24.8 Å². The van der Waals surface area contributed by atoms with E-state index in [1.54, 1.807) is 36.5 Å². The van der Waals surface area contributed by atoms with Crippen LogP contribution in [0.5, 0.6) is 0 Å². The summed E-state index contributed by atoms with van der Waals surface area (Å²) in [6, 6.07) is -0.00135. The fourth-order valence-corrected chi connectivity index (χ4v) is 2.97. The molecule has 0 aromatic rings. The van der Waals surface area contributed by atoms with E-state index in [1.165, 1.54) is 12.2 Å². The first-order valence-corrected chi connectivity index (χ1v) is 11.6. The Balaban J connectivity index is 2.96. The van der Waals surface area contributed by atoms with Crippen LogP contribution >= 0.6 is 0 Å². The molecule has 5 nitrogen and oxygen atoms in total. The lowest BCUT2D eigenvalue weighted by Crippen LogP contribution is -2.32. The average molecular weight is 454 g/mol. The molecule has 0 bridgehead atoms. The number of hydrogen-bond donors (Lipinski definition) is 4. The number of carbonyl (C=O) groups excluding carboxylic acids is 1. The lowest BCUT2D eigenvalue weighted by atomic mass is 10.1. The fraction of sp³-hybridized carbons (Fsp3) is 0.393. The fourth-order valence-electron chi connectivity index (χ4n) is 2.97. The molecule has 0 aromatic carbocycles. The van der Waals surface area contributed by atoms with E-state index >= 15 is 0 Å². The molecule has 1 aliphatic rings. The number of unbranched alkanes of at least 4 members (excludes halogenated alkanes) is 1. The molecular formula is C28H39NO4. The van der Waals surface area contributed by atoms with Crippen LogP contribution in [0.3, 0.4) is 0 Å². The Labute approximate surface area is 198 Å². The molecule has 33 heavy (non-hydrogen) atoms. The molecule has 0 spiro atoms. The van der Waals surface area contributed by atoms with Gasteiger partial charge in [-0.05, 0) is 26.2 Å². The molecule has 0 saturated heterocycles. The van der Waals surface area contributed by atoms with Crippen molar-refractivity contribution < 1.29 is 20.1 Å². The monoisotopic (exact) mass is 453 g/mol. The summed E-state index contributed by atoms with van der Waals surface area (Å²) in [6.07, 6.45) is 27.3. The van der Waals surface area contributed by atoms with Gasteiger partial charge in [0.25, 0.3) is 0 Å². The van der Waals surface area contributed by atoms with Gasteiger partial charge in [0, 0.05) is 18.5 Å². The topological polar surface area (TPSA) is 89.8 Å². The molecule has 0 saturated carbocycles. The molecule has 1 rings (SSSR count). The number of rotatable bonds is 4. The first-order chi connectivity index (χ1) is 15.9. The normalized spacial score (nSPS) is 33.5. The minimum atomic E-state index is -1.10. The van der Waals surface area contributed by atoms with Crippen molar-refractivity contribution in [2.24, 2.45) is 0 Å². The number of allylic oxidation sites excluding steroid dienone is 11. The molecule has 0 fully saturated rings. The maximum Gasteiger partial charge on any atom is 0.244 e. The third-order valence-corrected chi connectivity index (χ3v) is 4.87. The Hall–Kier alpha value is -2.73. The average Bonchev–Trinajstić information content (AvgIpc) is 2.78. The number of hydrogen-bond acceptors (Lipinski definition) is 4. The minimum Gasteiger partial charge on any atom is -0.390 e. The first-order valence-electron chi connectivity index (χ1n) is 11.6. The van der Waals surface area contributed by atoms with E-state index in [1.807, 2.05) is 37.3 Å². The van der Waals surface area contributed by atoms with Gasteiger partial charge in [0.2, 0.25) is 5.91 Å². The molecule has 5 heteroatoms. The van der Waals surface area contributed by atoms with Crippen molar-refractivity contribution >= 4 is 5.91 Å². The molecule has 4 N–H and O–H groups in total. The number of aliphatic hydroxyl groups is 3. The standard InChI is InChI=1S/C28H39NO4/c1-3-4-5-8-17-24-18-13-11-15-23(2)16-12-14-19-25(30)22-27(32)26(31)20-9-6-7-10-21-28(33)29-24/h5-16,19-21,24-27,30-32H,3-4,17-18,22H2,1-2H3,(H,29,33)/b7-6-,8-5+,13-11-,16-12-,19-14-,20-9-,21-10-,23-15-/t24-,25-,26-,27+/m1/s1. The molecule has 0 aliphatic carbocycles. The SMILES string of the molecule is CCC/C=C/C[C@@H]1C\C=C/C=C(C)\C=C/C=C\[C@@H](O)C[C@H](O)[C@H](O)\C=C/C=C\C=C/C(=O)N1. The minimum absolute atomic E-state index is 0.00135. The van der Waals surface area contributed by atoms with E-state index in [2.05, 4.69) is 24.4 Å². The summed E-state index contributed by atoms with van der Waals surface area (Å²) in [5.41, 5.74) is 1.03. The van der Waals surface area contributed by atoms with Crippen LogP contribution in [-0.4, -0.2) is 45.6 Å². The number of amides is 1. The van der Waals surface area contributed by atoms with Crippen LogP contribution in [0, 0.1) is 0 Å². The molecule has 0 unspecified atom stereocenters. The van der Waals surface area contributed by atoms with Gasteiger partial charge in [-0.25, -0.2) is 0 Å². The maximum absolute atomic E-state index is 12.3. The summed E-state index contributed by atoms with van der Waals surface area (Å²) >= 11 is 0. The quantitative estimate of drug-likeness (QED) is 0.476. The van der Waals surface area contributed by atoms with E-state index in [-0.39, 0.29) is 18.4 Å². The number of carbonyl (C=O) groups is 1. The van der Waals surface area contributed by atoms with Gasteiger partial charge >= 0.3 is 0 Å². The number of nitrogens with one attached hydrogen (secondary N) is 1. The largest absolute Gasteiger partial charge is 0.390 e. The maximum atomic E-state index is 12.3. The highest BCUT2D eigenvalue weighted by Gasteiger charge is 2.16. The number of aliphatic hydroxyl groups excluding tert-OH is 3. The lowest BCUT2D eigenvalue weighted by molar-refractivity contribution is -0.117. The zero-order valence-electron chi connectivity index (χ0n) is 19.8. The Kier molecular flexibility index (Phi) is 15.3. The Morgan fingerprint density at radius 3 is 2.48 bits per heavy atom. The highest BCUT2D eigenvalue weighted by molar-refractivity contribution is 5.88. The zero-order chi connectivity index (χ0) is 24.3.